The van der Waals surface area contributed by atoms with E-state index in [0.29, 0.717) is 41.3 Å². The topological polar surface area (TPSA) is 79.2 Å². The monoisotopic (exact) mass is 432 g/mol. The zero-order valence-corrected chi connectivity index (χ0v) is 17.6. The van der Waals surface area contributed by atoms with Crippen molar-refractivity contribution in [3.8, 4) is 11.8 Å². The molecule has 0 saturated heterocycles. The highest BCUT2D eigenvalue weighted by atomic mass is 35.5. The van der Waals surface area contributed by atoms with Crippen LogP contribution in [0.5, 0.6) is 5.75 Å². The van der Waals surface area contributed by atoms with Gasteiger partial charge in [0.15, 0.2) is 0 Å². The zero-order chi connectivity index (χ0) is 22.1. The van der Waals surface area contributed by atoms with Crippen molar-refractivity contribution >= 4 is 23.5 Å². The van der Waals surface area contributed by atoms with E-state index in [-0.39, 0.29) is 18.3 Å². The number of esters is 1. The van der Waals surface area contributed by atoms with Gasteiger partial charge < -0.3 is 10.1 Å². The molecule has 0 radical (unpaired) electrons. The van der Waals surface area contributed by atoms with E-state index in [1.807, 2.05) is 24.3 Å². The fraction of sp³-hybridized carbons (Fsp3) is 0.160. The maximum atomic E-state index is 12.1. The molecule has 1 N–H and O–H groups in total. The Kier molecular flexibility index (Phi) is 7.80. The maximum Gasteiger partial charge on any atom is 0.311 e. The molecule has 3 aromatic rings. The van der Waals surface area contributed by atoms with Crippen LogP contribution >= 0.6 is 11.6 Å². The standard InChI is InChI=1S/C25H21ClN2O3/c26-22-10-8-21(9-11-22)25(30)28-16-15-19-5-12-23(13-6-19)31-24(29)14-7-18-1-3-20(17-27)4-2-18/h1-6,8-13H,7,14-16H2,(H,28,30). The molecule has 6 heteroatoms. The Morgan fingerprint density at radius 2 is 1.48 bits per heavy atom. The highest BCUT2D eigenvalue weighted by molar-refractivity contribution is 6.30. The minimum absolute atomic E-state index is 0.149. The summed E-state index contributed by atoms with van der Waals surface area (Å²) in [6.45, 7) is 0.491. The van der Waals surface area contributed by atoms with Crippen molar-refractivity contribution in [2.45, 2.75) is 19.3 Å². The number of hydrogen-bond acceptors (Lipinski definition) is 4. The van der Waals surface area contributed by atoms with E-state index < -0.39 is 0 Å². The Balaban J connectivity index is 1.40. The fourth-order valence-corrected chi connectivity index (χ4v) is 3.05. The van der Waals surface area contributed by atoms with E-state index in [0.717, 1.165) is 11.1 Å². The number of nitrogens with one attached hydrogen (secondary N) is 1. The van der Waals surface area contributed by atoms with Gasteiger partial charge in [-0.3, -0.25) is 9.59 Å². The molecule has 0 atom stereocenters. The molecule has 0 bridgehead atoms. The van der Waals surface area contributed by atoms with E-state index in [1.165, 1.54) is 0 Å². The summed E-state index contributed by atoms with van der Waals surface area (Å²) in [5.74, 6) is 0.0237. The summed E-state index contributed by atoms with van der Waals surface area (Å²) in [4.78, 5) is 24.2. The number of nitrogens with zero attached hydrogens (tertiary/aromatic N) is 1. The predicted octanol–water partition coefficient (Wildman–Crippen LogP) is 4.72. The van der Waals surface area contributed by atoms with Crippen LogP contribution in [-0.2, 0) is 17.6 Å². The Bertz CT molecular complexity index is 1070. The quantitative estimate of drug-likeness (QED) is 0.412. The smallest absolute Gasteiger partial charge is 0.311 e. The van der Waals surface area contributed by atoms with Gasteiger partial charge in [-0.25, -0.2) is 0 Å². The molecular formula is C25H21ClN2O3. The molecule has 0 aliphatic heterocycles. The van der Waals surface area contributed by atoms with Crippen LogP contribution in [0.25, 0.3) is 0 Å². The molecule has 31 heavy (non-hydrogen) atoms. The van der Waals surface area contributed by atoms with Gasteiger partial charge in [0.2, 0.25) is 0 Å². The third-order valence-corrected chi connectivity index (χ3v) is 4.91. The van der Waals surface area contributed by atoms with Crippen molar-refractivity contribution in [3.63, 3.8) is 0 Å². The normalized spacial score (nSPS) is 10.2. The van der Waals surface area contributed by atoms with E-state index >= 15 is 0 Å². The summed E-state index contributed by atoms with van der Waals surface area (Å²) in [6.07, 6.45) is 1.46. The largest absolute Gasteiger partial charge is 0.427 e. The third kappa shape index (κ3) is 6.98. The molecule has 0 saturated carbocycles. The molecule has 0 heterocycles. The van der Waals surface area contributed by atoms with Crippen LogP contribution in [0.3, 0.4) is 0 Å². The highest BCUT2D eigenvalue weighted by Gasteiger charge is 2.07. The second-order valence-electron chi connectivity index (χ2n) is 6.94. The van der Waals surface area contributed by atoms with Gasteiger partial charge in [-0.1, -0.05) is 35.9 Å². The van der Waals surface area contributed by atoms with Crippen LogP contribution in [0.15, 0.2) is 72.8 Å². The average Bonchev–Trinajstić information content (AvgIpc) is 2.79. The van der Waals surface area contributed by atoms with Gasteiger partial charge in [0, 0.05) is 23.6 Å². The van der Waals surface area contributed by atoms with Gasteiger partial charge >= 0.3 is 5.97 Å². The minimum Gasteiger partial charge on any atom is -0.427 e. The van der Waals surface area contributed by atoms with Crippen LogP contribution in [-0.4, -0.2) is 18.4 Å². The summed E-state index contributed by atoms with van der Waals surface area (Å²) in [7, 11) is 0. The molecule has 0 aliphatic rings. The summed E-state index contributed by atoms with van der Waals surface area (Å²) < 4.78 is 5.37. The second kappa shape index (κ2) is 11.0. The van der Waals surface area contributed by atoms with Gasteiger partial charge in [-0.2, -0.15) is 5.26 Å². The number of rotatable bonds is 8. The lowest BCUT2D eigenvalue weighted by Gasteiger charge is -2.08. The highest BCUT2D eigenvalue weighted by Crippen LogP contribution is 2.15. The third-order valence-electron chi connectivity index (χ3n) is 4.66. The average molecular weight is 433 g/mol. The lowest BCUT2D eigenvalue weighted by Crippen LogP contribution is -2.25. The predicted molar refractivity (Wildman–Crippen MR) is 119 cm³/mol. The van der Waals surface area contributed by atoms with E-state index in [4.69, 9.17) is 21.6 Å². The molecule has 0 spiro atoms. The van der Waals surface area contributed by atoms with Crippen LogP contribution in [0.1, 0.15) is 33.5 Å². The number of nitriles is 1. The SMILES string of the molecule is N#Cc1ccc(CCC(=O)Oc2ccc(CCNC(=O)c3ccc(Cl)cc3)cc2)cc1. The zero-order valence-electron chi connectivity index (χ0n) is 16.8. The molecule has 3 rings (SSSR count). The first kappa shape index (κ1) is 22.1. The molecule has 0 aliphatic carbocycles. The molecule has 0 unspecified atom stereocenters. The number of amides is 1. The number of ether oxygens (including phenoxy) is 1. The molecule has 1 amide bonds. The van der Waals surface area contributed by atoms with Crippen molar-refractivity contribution in [1.29, 1.82) is 5.26 Å². The Hall–Kier alpha value is -3.62. The van der Waals surface area contributed by atoms with Crippen LogP contribution in [0, 0.1) is 11.3 Å². The summed E-state index contributed by atoms with van der Waals surface area (Å²) in [5, 5.41) is 12.3. The first-order valence-corrected chi connectivity index (χ1v) is 10.2. The molecular weight excluding hydrogens is 412 g/mol. The summed E-state index contributed by atoms with van der Waals surface area (Å²) in [6, 6.07) is 23.2. The van der Waals surface area contributed by atoms with Crippen molar-refractivity contribution in [2.24, 2.45) is 0 Å². The molecule has 156 valence electrons. The van der Waals surface area contributed by atoms with Crippen molar-refractivity contribution in [2.75, 3.05) is 6.54 Å². The Labute approximate surface area is 186 Å². The van der Waals surface area contributed by atoms with Gasteiger partial charge in [0.25, 0.3) is 5.91 Å². The molecule has 3 aromatic carbocycles. The van der Waals surface area contributed by atoms with E-state index in [2.05, 4.69) is 11.4 Å². The van der Waals surface area contributed by atoms with Gasteiger partial charge in [-0.05, 0) is 72.5 Å². The van der Waals surface area contributed by atoms with Crippen molar-refractivity contribution in [1.82, 2.24) is 5.32 Å². The number of aryl methyl sites for hydroxylation is 1. The van der Waals surface area contributed by atoms with Crippen LogP contribution in [0.2, 0.25) is 5.02 Å². The van der Waals surface area contributed by atoms with Crippen molar-refractivity contribution < 1.29 is 14.3 Å². The Morgan fingerprint density at radius 1 is 0.871 bits per heavy atom. The lowest BCUT2D eigenvalue weighted by molar-refractivity contribution is -0.134. The van der Waals surface area contributed by atoms with Crippen LogP contribution in [0.4, 0.5) is 0 Å². The second-order valence-corrected chi connectivity index (χ2v) is 7.38. The molecule has 0 fully saturated rings. The number of benzene rings is 3. The van der Waals surface area contributed by atoms with Gasteiger partial charge in [0.05, 0.1) is 11.6 Å². The summed E-state index contributed by atoms with van der Waals surface area (Å²) in [5.41, 5.74) is 3.16. The number of halogens is 1. The van der Waals surface area contributed by atoms with Gasteiger partial charge in [-0.15, -0.1) is 0 Å². The molecule has 5 nitrogen and oxygen atoms in total. The van der Waals surface area contributed by atoms with Gasteiger partial charge in [0.1, 0.15) is 5.75 Å². The number of carbonyl (C=O) groups excluding carboxylic acids is 2. The Morgan fingerprint density at radius 3 is 2.13 bits per heavy atom. The van der Waals surface area contributed by atoms with Crippen LogP contribution < -0.4 is 10.1 Å². The fourth-order valence-electron chi connectivity index (χ4n) is 2.92. The lowest BCUT2D eigenvalue weighted by atomic mass is 10.1. The van der Waals surface area contributed by atoms with Crippen molar-refractivity contribution in [3.05, 3.63) is 100 Å². The molecule has 0 aromatic heterocycles. The van der Waals surface area contributed by atoms with E-state index in [9.17, 15) is 9.59 Å². The number of hydrogen-bond donors (Lipinski definition) is 1. The first-order valence-electron chi connectivity index (χ1n) is 9.86. The number of carbonyl (C=O) groups is 2. The maximum absolute atomic E-state index is 12.1. The first-order chi connectivity index (χ1) is 15.0. The summed E-state index contributed by atoms with van der Waals surface area (Å²) >= 11 is 5.83. The minimum atomic E-state index is -0.313. The van der Waals surface area contributed by atoms with E-state index in [1.54, 1.807) is 48.5 Å².